The fourth-order valence-corrected chi connectivity index (χ4v) is 3.41. The van der Waals surface area contributed by atoms with Gasteiger partial charge < -0.3 is 10.4 Å². The number of aliphatic hydroxyl groups is 1. The van der Waals surface area contributed by atoms with Gasteiger partial charge in [-0.15, -0.1) is 0 Å². The third kappa shape index (κ3) is 5.23. The van der Waals surface area contributed by atoms with E-state index in [-0.39, 0.29) is 18.1 Å². The quantitative estimate of drug-likeness (QED) is 0.722. The number of hydrogen-bond donors (Lipinski definition) is 3. The van der Waals surface area contributed by atoms with E-state index >= 15 is 0 Å². The van der Waals surface area contributed by atoms with Crippen LogP contribution in [0.25, 0.3) is 0 Å². The van der Waals surface area contributed by atoms with Crippen LogP contribution in [0.3, 0.4) is 0 Å². The van der Waals surface area contributed by atoms with Crippen LogP contribution in [0, 0.1) is 11.3 Å². The van der Waals surface area contributed by atoms with Crippen molar-refractivity contribution in [2.24, 2.45) is 11.3 Å². The number of aliphatic hydroxyl groups excluding tert-OH is 1. The van der Waals surface area contributed by atoms with Crippen LogP contribution >= 0.6 is 0 Å². The number of aromatic nitrogens is 2. The van der Waals surface area contributed by atoms with E-state index in [2.05, 4.69) is 29.6 Å². The zero-order valence-electron chi connectivity index (χ0n) is 14.3. The van der Waals surface area contributed by atoms with Crippen molar-refractivity contribution in [1.29, 1.82) is 0 Å². The highest BCUT2D eigenvalue weighted by atomic mass is 16.3. The molecule has 2 amide bonds. The molecule has 1 aliphatic rings. The zero-order valence-corrected chi connectivity index (χ0v) is 14.3. The summed E-state index contributed by atoms with van der Waals surface area (Å²) in [6.07, 6.45) is 8.26. The number of carbonyl (C=O) groups is 1. The van der Waals surface area contributed by atoms with E-state index in [4.69, 9.17) is 0 Å². The van der Waals surface area contributed by atoms with Crippen LogP contribution in [-0.2, 0) is 6.54 Å². The van der Waals surface area contributed by atoms with Gasteiger partial charge >= 0.3 is 6.03 Å². The van der Waals surface area contributed by atoms with Gasteiger partial charge in [0.15, 0.2) is 0 Å². The van der Waals surface area contributed by atoms with Gasteiger partial charge in [-0.2, -0.15) is 5.10 Å². The van der Waals surface area contributed by atoms with E-state index < -0.39 is 0 Å². The summed E-state index contributed by atoms with van der Waals surface area (Å²) in [7, 11) is 0. The maximum atomic E-state index is 12.2. The molecular formula is C17H30N4O2. The van der Waals surface area contributed by atoms with Crippen LogP contribution in [0.4, 0.5) is 10.6 Å². The molecule has 0 saturated heterocycles. The molecule has 0 unspecified atom stereocenters. The van der Waals surface area contributed by atoms with E-state index in [0.717, 1.165) is 31.6 Å². The van der Waals surface area contributed by atoms with E-state index in [0.29, 0.717) is 12.5 Å². The molecule has 1 aromatic rings. The number of rotatable bonds is 7. The van der Waals surface area contributed by atoms with E-state index in [1.807, 2.05) is 10.7 Å². The highest BCUT2D eigenvalue weighted by Crippen LogP contribution is 2.38. The van der Waals surface area contributed by atoms with Gasteiger partial charge in [0.25, 0.3) is 0 Å². The monoisotopic (exact) mass is 322 g/mol. The molecule has 0 aromatic carbocycles. The van der Waals surface area contributed by atoms with E-state index in [1.165, 1.54) is 19.3 Å². The van der Waals surface area contributed by atoms with Crippen molar-refractivity contribution in [3.8, 4) is 0 Å². The summed E-state index contributed by atoms with van der Waals surface area (Å²) in [4.78, 5) is 12.2. The van der Waals surface area contributed by atoms with Gasteiger partial charge in [-0.05, 0) is 30.6 Å². The predicted molar refractivity (Wildman–Crippen MR) is 91.3 cm³/mol. The number of urea groups is 1. The second-order valence-corrected chi connectivity index (χ2v) is 7.13. The van der Waals surface area contributed by atoms with E-state index in [9.17, 15) is 9.90 Å². The average Bonchev–Trinajstić information content (AvgIpc) is 2.93. The molecule has 0 bridgehead atoms. The van der Waals surface area contributed by atoms with Crippen LogP contribution < -0.4 is 10.6 Å². The molecule has 1 fully saturated rings. The Morgan fingerprint density at radius 1 is 1.39 bits per heavy atom. The van der Waals surface area contributed by atoms with Crippen LogP contribution in [0.1, 0.15) is 52.4 Å². The number of amides is 2. The SMILES string of the molecule is CC(C)Cn1nccc1NC(=O)NCC1(CCO)CCCCC1. The molecule has 130 valence electrons. The molecule has 0 aliphatic heterocycles. The standard InChI is InChI=1S/C17H30N4O2/c1-14(2)12-21-15(6-10-19-21)20-16(23)18-13-17(9-11-22)7-4-3-5-8-17/h6,10,14,22H,3-5,7-9,11-13H2,1-2H3,(H2,18,20,23). The highest BCUT2D eigenvalue weighted by molar-refractivity contribution is 5.88. The largest absolute Gasteiger partial charge is 0.396 e. The van der Waals surface area contributed by atoms with Crippen molar-refractivity contribution in [3.05, 3.63) is 12.3 Å². The molecular weight excluding hydrogens is 292 g/mol. The normalized spacial score (nSPS) is 17.2. The zero-order chi connectivity index (χ0) is 16.7. The lowest BCUT2D eigenvalue weighted by Crippen LogP contribution is -2.41. The molecule has 1 aliphatic carbocycles. The first-order valence-corrected chi connectivity index (χ1v) is 8.72. The van der Waals surface area contributed by atoms with Gasteiger partial charge in [0.2, 0.25) is 0 Å². The summed E-state index contributed by atoms with van der Waals surface area (Å²) in [6.45, 7) is 5.82. The Morgan fingerprint density at radius 3 is 2.78 bits per heavy atom. The number of hydrogen-bond acceptors (Lipinski definition) is 3. The predicted octanol–water partition coefficient (Wildman–Crippen LogP) is 2.99. The van der Waals surface area contributed by atoms with Crippen molar-refractivity contribution in [2.45, 2.75) is 58.9 Å². The lowest BCUT2D eigenvalue weighted by atomic mass is 9.72. The summed E-state index contributed by atoms with van der Waals surface area (Å²) in [5.41, 5.74) is 0.0581. The first-order valence-electron chi connectivity index (χ1n) is 8.72. The van der Waals surface area contributed by atoms with Crippen LogP contribution in [-0.4, -0.2) is 34.1 Å². The Kier molecular flexibility index (Phi) is 6.45. The Labute approximate surface area is 138 Å². The second kappa shape index (κ2) is 8.34. The van der Waals surface area contributed by atoms with Crippen molar-refractivity contribution in [2.75, 3.05) is 18.5 Å². The number of anilines is 1. The third-order valence-corrected chi connectivity index (χ3v) is 4.68. The first kappa shape index (κ1) is 17.8. The molecule has 2 rings (SSSR count). The molecule has 0 spiro atoms. The summed E-state index contributed by atoms with van der Waals surface area (Å²) >= 11 is 0. The first-order chi connectivity index (χ1) is 11.0. The Balaban J connectivity index is 1.88. The molecule has 23 heavy (non-hydrogen) atoms. The molecule has 0 atom stereocenters. The number of nitrogens with one attached hydrogen (secondary N) is 2. The summed E-state index contributed by atoms with van der Waals surface area (Å²) in [5, 5.41) is 19.5. The minimum Gasteiger partial charge on any atom is -0.396 e. The van der Waals surface area contributed by atoms with Gasteiger partial charge in [-0.3, -0.25) is 5.32 Å². The summed E-state index contributed by atoms with van der Waals surface area (Å²) < 4.78 is 1.81. The number of carbonyl (C=O) groups excluding carboxylic acids is 1. The summed E-state index contributed by atoms with van der Waals surface area (Å²) in [5.74, 6) is 1.18. The van der Waals surface area contributed by atoms with E-state index in [1.54, 1.807) is 6.20 Å². The van der Waals surface area contributed by atoms with Gasteiger partial charge in [-0.1, -0.05) is 33.1 Å². The number of nitrogens with zero attached hydrogens (tertiary/aromatic N) is 2. The molecule has 6 nitrogen and oxygen atoms in total. The average molecular weight is 322 g/mol. The van der Waals surface area contributed by atoms with Crippen LogP contribution in [0.15, 0.2) is 12.3 Å². The Morgan fingerprint density at radius 2 is 2.13 bits per heavy atom. The lowest BCUT2D eigenvalue weighted by molar-refractivity contribution is 0.128. The smallest absolute Gasteiger partial charge is 0.320 e. The van der Waals surface area contributed by atoms with Gasteiger partial charge in [-0.25, -0.2) is 9.48 Å². The molecule has 0 radical (unpaired) electrons. The molecule has 3 N–H and O–H groups in total. The fraction of sp³-hybridized carbons (Fsp3) is 0.765. The maximum absolute atomic E-state index is 12.2. The molecule has 1 heterocycles. The Bertz CT molecular complexity index is 487. The maximum Gasteiger partial charge on any atom is 0.320 e. The Hall–Kier alpha value is -1.56. The van der Waals surface area contributed by atoms with Crippen molar-refractivity contribution < 1.29 is 9.90 Å². The second-order valence-electron chi connectivity index (χ2n) is 7.13. The highest BCUT2D eigenvalue weighted by Gasteiger charge is 2.31. The van der Waals surface area contributed by atoms with Crippen molar-refractivity contribution in [3.63, 3.8) is 0 Å². The third-order valence-electron chi connectivity index (χ3n) is 4.68. The molecule has 1 aromatic heterocycles. The minimum absolute atomic E-state index is 0.0581. The van der Waals surface area contributed by atoms with Crippen LogP contribution in [0.2, 0.25) is 0 Å². The van der Waals surface area contributed by atoms with Crippen molar-refractivity contribution in [1.82, 2.24) is 15.1 Å². The fourth-order valence-electron chi connectivity index (χ4n) is 3.41. The van der Waals surface area contributed by atoms with Gasteiger partial charge in [0, 0.05) is 25.8 Å². The topological polar surface area (TPSA) is 79.2 Å². The van der Waals surface area contributed by atoms with Gasteiger partial charge in [0.05, 0.1) is 6.20 Å². The minimum atomic E-state index is -0.196. The summed E-state index contributed by atoms with van der Waals surface area (Å²) in [6, 6.07) is 1.62. The lowest BCUT2D eigenvalue weighted by Gasteiger charge is -2.37. The van der Waals surface area contributed by atoms with Crippen LogP contribution in [0.5, 0.6) is 0 Å². The van der Waals surface area contributed by atoms with Gasteiger partial charge in [0.1, 0.15) is 5.82 Å². The molecule has 1 saturated carbocycles. The molecule has 6 heteroatoms. The van der Waals surface area contributed by atoms with Crippen molar-refractivity contribution >= 4 is 11.8 Å².